The third-order valence-corrected chi connectivity index (χ3v) is 5.05. The molecule has 5 nitrogen and oxygen atoms in total. The third-order valence-electron chi connectivity index (χ3n) is 4.52. The van der Waals surface area contributed by atoms with Crippen LogP contribution < -0.4 is 4.74 Å². The zero-order valence-electron chi connectivity index (χ0n) is 12.7. The maximum Gasteiger partial charge on any atom is 0.312 e. The first-order valence-electron chi connectivity index (χ1n) is 7.88. The van der Waals surface area contributed by atoms with Gasteiger partial charge < -0.3 is 4.74 Å². The van der Waals surface area contributed by atoms with E-state index in [9.17, 15) is 14.4 Å². The van der Waals surface area contributed by atoms with Gasteiger partial charge in [-0.1, -0.05) is 28.8 Å². The number of ether oxygens (including phenoxy) is 1. The second kappa shape index (κ2) is 6.83. The molecular formula is C17H18BrNO4. The smallest absolute Gasteiger partial charge is 0.312 e. The molecule has 2 atom stereocenters. The van der Waals surface area contributed by atoms with Crippen LogP contribution in [0.5, 0.6) is 5.75 Å². The highest BCUT2D eigenvalue weighted by Gasteiger charge is 2.47. The molecule has 2 amide bonds. The molecule has 0 bridgehead atoms. The van der Waals surface area contributed by atoms with Crippen LogP contribution in [-0.4, -0.2) is 29.2 Å². The Hall–Kier alpha value is -1.69. The predicted octanol–water partition coefficient (Wildman–Crippen LogP) is 2.92. The van der Waals surface area contributed by atoms with E-state index >= 15 is 0 Å². The molecule has 1 saturated carbocycles. The zero-order chi connectivity index (χ0) is 16.4. The number of halogens is 1. The number of rotatable bonds is 4. The van der Waals surface area contributed by atoms with Crippen molar-refractivity contribution in [2.45, 2.75) is 32.1 Å². The van der Waals surface area contributed by atoms with Gasteiger partial charge in [0.05, 0.1) is 18.3 Å². The Labute approximate surface area is 143 Å². The van der Waals surface area contributed by atoms with Crippen LogP contribution in [0.2, 0.25) is 0 Å². The predicted molar refractivity (Wildman–Crippen MR) is 86.6 cm³/mol. The number of esters is 1. The van der Waals surface area contributed by atoms with E-state index in [0.29, 0.717) is 5.75 Å². The molecule has 23 heavy (non-hydrogen) atoms. The van der Waals surface area contributed by atoms with Gasteiger partial charge in [-0.05, 0) is 37.1 Å². The summed E-state index contributed by atoms with van der Waals surface area (Å²) in [6.45, 7) is 0.111. The fraction of sp³-hybridized carbons (Fsp3) is 0.471. The van der Waals surface area contributed by atoms with E-state index in [-0.39, 0.29) is 36.6 Å². The first-order chi connectivity index (χ1) is 11.1. The lowest BCUT2D eigenvalue weighted by atomic mass is 9.81. The molecule has 1 aliphatic carbocycles. The minimum Gasteiger partial charge on any atom is -0.426 e. The standard InChI is InChI=1S/C17H18BrNO4/c18-11-5-7-12(8-6-11)23-15(20)9-10-19-16(21)13-3-1-2-4-14(13)17(19)22/h5-8,13-14H,1-4,9-10H2/t13-,14+. The van der Waals surface area contributed by atoms with Crippen molar-refractivity contribution in [3.8, 4) is 5.75 Å². The maximum atomic E-state index is 12.3. The van der Waals surface area contributed by atoms with Gasteiger partial charge in [0.1, 0.15) is 5.75 Å². The van der Waals surface area contributed by atoms with Crippen molar-refractivity contribution in [1.82, 2.24) is 4.90 Å². The topological polar surface area (TPSA) is 63.7 Å². The van der Waals surface area contributed by atoms with Crippen LogP contribution in [-0.2, 0) is 14.4 Å². The van der Waals surface area contributed by atoms with Crippen LogP contribution in [0.3, 0.4) is 0 Å². The van der Waals surface area contributed by atoms with Crippen molar-refractivity contribution in [3.63, 3.8) is 0 Å². The molecule has 1 aliphatic heterocycles. The number of carbonyl (C=O) groups excluding carboxylic acids is 3. The van der Waals surface area contributed by atoms with Crippen LogP contribution >= 0.6 is 15.9 Å². The van der Waals surface area contributed by atoms with Crippen molar-refractivity contribution in [3.05, 3.63) is 28.7 Å². The Morgan fingerprint density at radius 1 is 1.09 bits per heavy atom. The Bertz CT molecular complexity index is 604. The summed E-state index contributed by atoms with van der Waals surface area (Å²) in [7, 11) is 0. The number of imide groups is 1. The van der Waals surface area contributed by atoms with Crippen molar-refractivity contribution < 1.29 is 19.1 Å². The summed E-state index contributed by atoms with van der Waals surface area (Å²) >= 11 is 3.31. The summed E-state index contributed by atoms with van der Waals surface area (Å²) in [5.74, 6) is -0.557. The first-order valence-corrected chi connectivity index (χ1v) is 8.67. The number of hydrogen-bond donors (Lipinski definition) is 0. The maximum absolute atomic E-state index is 12.3. The van der Waals surface area contributed by atoms with Crippen molar-refractivity contribution in [2.75, 3.05) is 6.54 Å². The lowest BCUT2D eigenvalue weighted by molar-refractivity contribution is -0.141. The molecule has 0 N–H and O–H groups in total. The van der Waals surface area contributed by atoms with Crippen molar-refractivity contribution >= 4 is 33.7 Å². The minimum atomic E-state index is -0.442. The molecule has 0 radical (unpaired) electrons. The monoisotopic (exact) mass is 379 g/mol. The first kappa shape index (κ1) is 16.2. The van der Waals surface area contributed by atoms with Gasteiger partial charge in [0.25, 0.3) is 0 Å². The quantitative estimate of drug-likeness (QED) is 0.458. The number of amides is 2. The Morgan fingerprint density at radius 2 is 1.65 bits per heavy atom. The summed E-state index contributed by atoms with van der Waals surface area (Å²) in [5, 5.41) is 0. The highest BCUT2D eigenvalue weighted by atomic mass is 79.9. The van der Waals surface area contributed by atoms with Crippen LogP contribution in [0.25, 0.3) is 0 Å². The van der Waals surface area contributed by atoms with Gasteiger partial charge in [0.15, 0.2) is 0 Å². The Balaban J connectivity index is 1.55. The molecule has 0 aromatic heterocycles. The molecule has 1 aromatic rings. The molecule has 2 fully saturated rings. The van der Waals surface area contributed by atoms with Crippen LogP contribution in [0.15, 0.2) is 28.7 Å². The second-order valence-corrected chi connectivity index (χ2v) is 6.92. The van der Waals surface area contributed by atoms with Crippen LogP contribution in [0.4, 0.5) is 0 Å². The highest BCUT2D eigenvalue weighted by molar-refractivity contribution is 9.10. The van der Waals surface area contributed by atoms with Gasteiger partial charge in [-0.2, -0.15) is 0 Å². The highest BCUT2D eigenvalue weighted by Crippen LogP contribution is 2.37. The van der Waals surface area contributed by atoms with E-state index in [4.69, 9.17) is 4.74 Å². The average molecular weight is 380 g/mol. The second-order valence-electron chi connectivity index (χ2n) is 6.00. The van der Waals surface area contributed by atoms with Crippen molar-refractivity contribution in [1.29, 1.82) is 0 Å². The van der Waals surface area contributed by atoms with E-state index in [1.54, 1.807) is 24.3 Å². The average Bonchev–Trinajstić information content (AvgIpc) is 2.80. The van der Waals surface area contributed by atoms with Gasteiger partial charge in [0, 0.05) is 11.0 Å². The molecule has 3 rings (SSSR count). The summed E-state index contributed by atoms with van der Waals surface area (Å²) in [4.78, 5) is 37.8. The Morgan fingerprint density at radius 3 is 2.22 bits per heavy atom. The SMILES string of the molecule is O=C(CCN1C(=O)[C@H]2CCCC[C@H]2C1=O)Oc1ccc(Br)cc1. The van der Waals surface area contributed by atoms with Crippen LogP contribution in [0.1, 0.15) is 32.1 Å². The van der Waals surface area contributed by atoms with Gasteiger partial charge in [-0.15, -0.1) is 0 Å². The molecule has 0 spiro atoms. The Kier molecular flexibility index (Phi) is 4.80. The number of fused-ring (bicyclic) bond motifs is 1. The molecule has 6 heteroatoms. The van der Waals surface area contributed by atoms with E-state index < -0.39 is 5.97 Å². The molecular weight excluding hydrogens is 362 g/mol. The molecule has 0 unspecified atom stereocenters. The summed E-state index contributed by atoms with van der Waals surface area (Å²) < 4.78 is 6.11. The molecule has 2 aliphatic rings. The van der Waals surface area contributed by atoms with Gasteiger partial charge in [-0.25, -0.2) is 0 Å². The zero-order valence-corrected chi connectivity index (χ0v) is 14.3. The van der Waals surface area contributed by atoms with Gasteiger partial charge in [0.2, 0.25) is 11.8 Å². The lowest BCUT2D eigenvalue weighted by Crippen LogP contribution is -2.33. The van der Waals surface area contributed by atoms with E-state index in [1.165, 1.54) is 4.90 Å². The molecule has 1 heterocycles. The molecule has 122 valence electrons. The number of carbonyl (C=O) groups is 3. The van der Waals surface area contributed by atoms with Crippen molar-refractivity contribution in [2.24, 2.45) is 11.8 Å². The van der Waals surface area contributed by atoms with Gasteiger partial charge in [-0.3, -0.25) is 19.3 Å². The van der Waals surface area contributed by atoms with Gasteiger partial charge >= 0.3 is 5.97 Å². The molecule has 1 saturated heterocycles. The van der Waals surface area contributed by atoms with E-state index in [0.717, 1.165) is 30.2 Å². The fourth-order valence-electron chi connectivity index (χ4n) is 3.34. The minimum absolute atomic E-state index is 0.0208. The number of nitrogens with zero attached hydrogens (tertiary/aromatic N) is 1. The van der Waals surface area contributed by atoms with E-state index in [1.807, 2.05) is 0 Å². The summed E-state index contributed by atoms with van der Waals surface area (Å²) in [5.41, 5.74) is 0. The lowest BCUT2D eigenvalue weighted by Gasteiger charge is -2.19. The number of hydrogen-bond acceptors (Lipinski definition) is 4. The number of benzene rings is 1. The van der Waals surface area contributed by atoms with E-state index in [2.05, 4.69) is 15.9 Å². The molecule has 1 aromatic carbocycles. The van der Waals surface area contributed by atoms with Crippen LogP contribution in [0, 0.1) is 11.8 Å². The third kappa shape index (κ3) is 3.47. The fourth-order valence-corrected chi connectivity index (χ4v) is 3.60. The normalized spacial score (nSPS) is 23.8. The largest absolute Gasteiger partial charge is 0.426 e. The summed E-state index contributed by atoms with van der Waals surface area (Å²) in [6.07, 6.45) is 3.59. The number of likely N-dealkylation sites (tertiary alicyclic amines) is 1. The summed E-state index contributed by atoms with van der Waals surface area (Å²) in [6, 6.07) is 6.92.